The Morgan fingerprint density at radius 1 is 1.24 bits per heavy atom. The number of hydrogen-bond donors (Lipinski definition) is 1. The molecule has 1 amide bonds. The van der Waals surface area contributed by atoms with Gasteiger partial charge in [-0.1, -0.05) is 6.07 Å². The third kappa shape index (κ3) is 6.25. The average molecular weight is 468 g/mol. The van der Waals surface area contributed by atoms with Crippen LogP contribution in [0, 0.1) is 5.82 Å². The van der Waals surface area contributed by atoms with Gasteiger partial charge in [-0.3, -0.25) is 4.90 Å². The van der Waals surface area contributed by atoms with E-state index in [9.17, 15) is 18.0 Å². The quantitative estimate of drug-likeness (QED) is 0.589. The zero-order valence-electron chi connectivity index (χ0n) is 19.0. The highest BCUT2D eigenvalue weighted by Crippen LogP contribution is 2.28. The highest BCUT2D eigenvalue weighted by molar-refractivity contribution is 5.89. The Bertz CT molecular complexity index is 986. The molecule has 1 aromatic carbocycles. The van der Waals surface area contributed by atoms with Gasteiger partial charge in [0.05, 0.1) is 17.7 Å². The molecule has 0 aliphatic carbocycles. The number of carbonyl (C=O) groups excluding carboxylic acids is 1. The van der Waals surface area contributed by atoms with Crippen molar-refractivity contribution in [3.8, 4) is 5.75 Å². The fraction of sp³-hybridized carbons (Fsp3) is 0.500. The van der Waals surface area contributed by atoms with E-state index in [1.807, 2.05) is 27.7 Å². The van der Waals surface area contributed by atoms with Crippen LogP contribution in [0.4, 0.5) is 29.7 Å². The lowest BCUT2D eigenvalue weighted by atomic mass is 10.1. The van der Waals surface area contributed by atoms with Gasteiger partial charge in [-0.25, -0.2) is 14.2 Å². The number of alkyl halides is 2. The van der Waals surface area contributed by atoms with E-state index in [0.29, 0.717) is 11.4 Å². The van der Waals surface area contributed by atoms with Gasteiger partial charge in [0.1, 0.15) is 18.5 Å². The summed E-state index contributed by atoms with van der Waals surface area (Å²) in [4.78, 5) is 22.4. The molecule has 33 heavy (non-hydrogen) atoms. The summed E-state index contributed by atoms with van der Waals surface area (Å²) < 4.78 is 54.1. The zero-order valence-corrected chi connectivity index (χ0v) is 19.0. The summed E-state index contributed by atoms with van der Waals surface area (Å²) in [6, 6.07) is 4.41. The van der Waals surface area contributed by atoms with Crippen molar-refractivity contribution in [3.05, 3.63) is 41.8 Å². The Balaban J connectivity index is 1.76. The smallest absolute Gasteiger partial charge is 0.416 e. The Morgan fingerprint density at radius 3 is 2.61 bits per heavy atom. The number of aromatic nitrogens is 2. The molecular weight excluding hydrogens is 441 g/mol. The van der Waals surface area contributed by atoms with Crippen molar-refractivity contribution in [2.75, 3.05) is 16.8 Å². The van der Waals surface area contributed by atoms with Gasteiger partial charge in [-0.2, -0.15) is 13.8 Å². The molecule has 0 saturated carbocycles. The van der Waals surface area contributed by atoms with Crippen molar-refractivity contribution in [1.29, 1.82) is 0 Å². The molecule has 2 aromatic rings. The lowest BCUT2D eigenvalue weighted by Crippen LogP contribution is -2.45. The number of carbonyl (C=O) groups is 1. The van der Waals surface area contributed by atoms with E-state index in [1.165, 1.54) is 17.2 Å². The molecule has 3 atom stereocenters. The van der Waals surface area contributed by atoms with Gasteiger partial charge >= 0.3 is 12.7 Å². The highest BCUT2D eigenvalue weighted by atomic mass is 19.3. The highest BCUT2D eigenvalue weighted by Gasteiger charge is 2.40. The van der Waals surface area contributed by atoms with Crippen LogP contribution in [-0.4, -0.2) is 47.0 Å². The second-order valence-corrected chi connectivity index (χ2v) is 8.62. The van der Waals surface area contributed by atoms with Gasteiger partial charge in [-0.15, -0.1) is 0 Å². The van der Waals surface area contributed by atoms with Crippen LogP contribution in [0.1, 0.15) is 46.2 Å². The van der Waals surface area contributed by atoms with Crippen LogP contribution in [0.25, 0.3) is 0 Å². The monoisotopic (exact) mass is 468 g/mol. The van der Waals surface area contributed by atoms with Gasteiger partial charge < -0.3 is 19.5 Å². The summed E-state index contributed by atoms with van der Waals surface area (Å²) in [7, 11) is 0. The Labute approximate surface area is 190 Å². The maximum Gasteiger partial charge on any atom is 0.416 e. The Hall–Kier alpha value is -3.08. The van der Waals surface area contributed by atoms with Gasteiger partial charge in [0.25, 0.3) is 0 Å². The molecule has 3 rings (SSSR count). The summed E-state index contributed by atoms with van der Waals surface area (Å²) >= 11 is 0. The van der Waals surface area contributed by atoms with E-state index < -0.39 is 35.9 Å². The SMILES string of the molecule is C[C@H](Nc1nccc(N2C(=O)OC[C@@H]2[C@@H](C)OC(C)(C)C)n1)c1ccc(OC(F)F)c(F)c1. The molecule has 8 nitrogen and oxygen atoms in total. The maximum absolute atomic E-state index is 14.1. The second-order valence-electron chi connectivity index (χ2n) is 8.62. The summed E-state index contributed by atoms with van der Waals surface area (Å²) in [5.41, 5.74) is 0.0594. The first-order valence-electron chi connectivity index (χ1n) is 10.4. The van der Waals surface area contributed by atoms with Crippen LogP contribution in [0.5, 0.6) is 5.75 Å². The first kappa shape index (κ1) is 24.6. The number of halogens is 3. The number of benzene rings is 1. The van der Waals surface area contributed by atoms with Crippen molar-refractivity contribution in [2.45, 2.75) is 65.0 Å². The molecule has 0 radical (unpaired) electrons. The predicted molar refractivity (Wildman–Crippen MR) is 115 cm³/mol. The summed E-state index contributed by atoms with van der Waals surface area (Å²) in [6.45, 7) is 6.41. The summed E-state index contributed by atoms with van der Waals surface area (Å²) in [6.07, 6.45) is 0.618. The molecule has 0 bridgehead atoms. The number of rotatable bonds is 8. The van der Waals surface area contributed by atoms with E-state index >= 15 is 0 Å². The molecule has 1 fully saturated rings. The van der Waals surface area contributed by atoms with Crippen molar-refractivity contribution >= 4 is 17.9 Å². The van der Waals surface area contributed by atoms with Crippen molar-refractivity contribution < 1.29 is 32.2 Å². The fourth-order valence-electron chi connectivity index (χ4n) is 3.49. The first-order chi connectivity index (χ1) is 15.4. The van der Waals surface area contributed by atoms with E-state index in [-0.39, 0.29) is 24.7 Å². The van der Waals surface area contributed by atoms with Gasteiger partial charge in [0, 0.05) is 6.20 Å². The van der Waals surface area contributed by atoms with Crippen molar-refractivity contribution in [1.82, 2.24) is 9.97 Å². The molecule has 1 saturated heterocycles. The molecule has 2 heterocycles. The number of hydrogen-bond acceptors (Lipinski definition) is 7. The number of nitrogens with zero attached hydrogens (tertiary/aromatic N) is 3. The predicted octanol–water partition coefficient (Wildman–Crippen LogP) is 4.92. The molecular formula is C22H27F3N4O4. The molecule has 0 unspecified atom stereocenters. The largest absolute Gasteiger partial charge is 0.447 e. The number of anilines is 2. The van der Waals surface area contributed by atoms with Gasteiger partial charge in [-0.05, 0) is 58.4 Å². The topological polar surface area (TPSA) is 85.8 Å². The number of cyclic esters (lactones) is 1. The van der Waals surface area contributed by atoms with Crippen LogP contribution in [0.2, 0.25) is 0 Å². The minimum absolute atomic E-state index is 0.158. The van der Waals surface area contributed by atoms with Gasteiger partial charge in [0.15, 0.2) is 11.6 Å². The molecule has 1 aliphatic heterocycles. The van der Waals surface area contributed by atoms with E-state index in [4.69, 9.17) is 9.47 Å². The molecule has 1 aromatic heterocycles. The first-order valence-corrected chi connectivity index (χ1v) is 10.4. The minimum Gasteiger partial charge on any atom is -0.447 e. The normalized spacial score (nSPS) is 18.3. The van der Waals surface area contributed by atoms with E-state index in [0.717, 1.165) is 12.1 Å². The minimum atomic E-state index is -3.12. The lowest BCUT2D eigenvalue weighted by molar-refractivity contribution is -0.0618. The van der Waals surface area contributed by atoms with Crippen LogP contribution in [0.15, 0.2) is 30.5 Å². The number of amides is 1. The third-order valence-electron chi connectivity index (χ3n) is 4.89. The molecule has 1 aliphatic rings. The van der Waals surface area contributed by atoms with Crippen LogP contribution in [-0.2, 0) is 9.47 Å². The standard InChI is InChI=1S/C22H27F3N4O4/c1-12(14-6-7-17(15(23)10-14)32-19(24)25)27-20-26-9-8-18(28-20)29-16(11-31-21(29)30)13(2)33-22(3,4)5/h6-10,12-13,16,19H,11H2,1-5H3,(H,26,27,28)/t12-,13+,16+/m0/s1. The van der Waals surface area contributed by atoms with E-state index in [1.54, 1.807) is 13.0 Å². The second kappa shape index (κ2) is 9.82. The third-order valence-corrected chi connectivity index (χ3v) is 4.89. The lowest BCUT2D eigenvalue weighted by Gasteiger charge is -2.31. The maximum atomic E-state index is 14.1. The summed E-state index contributed by atoms with van der Waals surface area (Å²) in [5, 5.41) is 3.02. The Morgan fingerprint density at radius 2 is 1.97 bits per heavy atom. The molecule has 11 heteroatoms. The van der Waals surface area contributed by atoms with Crippen molar-refractivity contribution in [2.24, 2.45) is 0 Å². The van der Waals surface area contributed by atoms with Crippen molar-refractivity contribution in [3.63, 3.8) is 0 Å². The molecule has 0 spiro atoms. The van der Waals surface area contributed by atoms with Crippen LogP contribution >= 0.6 is 0 Å². The van der Waals surface area contributed by atoms with Crippen LogP contribution in [0.3, 0.4) is 0 Å². The van der Waals surface area contributed by atoms with E-state index in [2.05, 4.69) is 20.0 Å². The van der Waals surface area contributed by atoms with Crippen LogP contribution < -0.4 is 15.0 Å². The zero-order chi connectivity index (χ0) is 24.3. The molecule has 180 valence electrons. The number of ether oxygens (including phenoxy) is 3. The number of nitrogens with one attached hydrogen (secondary N) is 1. The molecule has 1 N–H and O–H groups in total. The summed E-state index contributed by atoms with van der Waals surface area (Å²) in [5.74, 6) is -0.935. The fourth-order valence-corrected chi connectivity index (χ4v) is 3.49. The van der Waals surface area contributed by atoms with Gasteiger partial charge in [0.2, 0.25) is 5.95 Å². The average Bonchev–Trinajstić information content (AvgIpc) is 3.10. The Kier molecular flexibility index (Phi) is 7.31.